The van der Waals surface area contributed by atoms with E-state index in [1.165, 1.54) is 0 Å². The van der Waals surface area contributed by atoms with Crippen molar-refractivity contribution in [3.05, 3.63) is 30.3 Å². The van der Waals surface area contributed by atoms with Crippen molar-refractivity contribution >= 4 is 23.6 Å². The summed E-state index contributed by atoms with van der Waals surface area (Å²) in [5.74, 6) is -1.53. The summed E-state index contributed by atoms with van der Waals surface area (Å²) in [4.78, 5) is 38.0. The van der Waals surface area contributed by atoms with E-state index in [4.69, 9.17) is 9.84 Å². The van der Waals surface area contributed by atoms with Crippen LogP contribution in [0, 0.1) is 5.92 Å². The van der Waals surface area contributed by atoms with Gasteiger partial charge >= 0.3 is 12.0 Å². The second kappa shape index (κ2) is 8.39. The van der Waals surface area contributed by atoms with Crippen molar-refractivity contribution < 1.29 is 24.2 Å². The molecule has 27 heavy (non-hydrogen) atoms. The number of carbonyl (C=O) groups excluding carboxylic acids is 2. The molecule has 2 aliphatic rings. The first-order chi connectivity index (χ1) is 13.0. The van der Waals surface area contributed by atoms with Gasteiger partial charge in [0.15, 0.2) is 0 Å². The Hall–Kier alpha value is -2.61. The van der Waals surface area contributed by atoms with Crippen LogP contribution in [0.2, 0.25) is 0 Å². The number of anilines is 1. The molecule has 8 heteroatoms. The van der Waals surface area contributed by atoms with Crippen molar-refractivity contribution in [3.63, 3.8) is 0 Å². The Kier molecular flexibility index (Phi) is 5.95. The smallest absolute Gasteiger partial charge is 0.321 e. The quantitative estimate of drug-likeness (QED) is 0.726. The van der Waals surface area contributed by atoms with Crippen molar-refractivity contribution in [2.45, 2.75) is 31.2 Å². The standard InChI is InChI=1S/C19H25N3O5/c23-16(24)11-19(8-10-27-13-19)21-17(25)14-5-4-9-22(12-14)18(26)20-15-6-2-1-3-7-15/h1-3,6-7,14H,4-5,8-13H2,(H,20,26)(H,21,25)(H,23,24). The van der Waals surface area contributed by atoms with E-state index in [1.807, 2.05) is 30.3 Å². The van der Waals surface area contributed by atoms with Crippen molar-refractivity contribution in [2.24, 2.45) is 5.92 Å². The lowest BCUT2D eigenvalue weighted by atomic mass is 9.91. The molecule has 3 N–H and O–H groups in total. The molecule has 0 bridgehead atoms. The molecule has 2 aliphatic heterocycles. The molecule has 0 radical (unpaired) electrons. The number of nitrogens with one attached hydrogen (secondary N) is 2. The molecule has 8 nitrogen and oxygen atoms in total. The fraction of sp³-hybridized carbons (Fsp3) is 0.526. The molecule has 2 saturated heterocycles. The fourth-order valence-electron chi connectivity index (χ4n) is 3.64. The van der Waals surface area contributed by atoms with Gasteiger partial charge in [-0.25, -0.2) is 4.79 Å². The predicted molar refractivity (Wildman–Crippen MR) is 98.3 cm³/mol. The number of amides is 3. The minimum Gasteiger partial charge on any atom is -0.481 e. The average Bonchev–Trinajstić information content (AvgIpc) is 3.09. The Bertz CT molecular complexity index is 688. The number of carboxylic acids is 1. The third-order valence-corrected chi connectivity index (χ3v) is 5.09. The highest BCUT2D eigenvalue weighted by atomic mass is 16.5. The lowest BCUT2D eigenvalue weighted by Gasteiger charge is -2.35. The fourth-order valence-corrected chi connectivity index (χ4v) is 3.64. The molecule has 0 aliphatic carbocycles. The van der Waals surface area contributed by atoms with Crippen LogP contribution in [0.3, 0.4) is 0 Å². The summed E-state index contributed by atoms with van der Waals surface area (Å²) in [5, 5.41) is 14.9. The summed E-state index contributed by atoms with van der Waals surface area (Å²) in [5.41, 5.74) is -0.144. The maximum Gasteiger partial charge on any atom is 0.321 e. The molecule has 2 heterocycles. The highest BCUT2D eigenvalue weighted by Crippen LogP contribution is 2.25. The summed E-state index contributed by atoms with van der Waals surface area (Å²) >= 11 is 0. The van der Waals surface area contributed by atoms with Crippen LogP contribution in [0.15, 0.2) is 30.3 Å². The van der Waals surface area contributed by atoms with Crippen LogP contribution in [-0.2, 0) is 14.3 Å². The summed E-state index contributed by atoms with van der Waals surface area (Å²) in [6, 6.07) is 8.93. The van der Waals surface area contributed by atoms with Gasteiger partial charge < -0.3 is 25.4 Å². The zero-order chi connectivity index (χ0) is 19.3. The highest BCUT2D eigenvalue weighted by Gasteiger charge is 2.40. The first-order valence-electron chi connectivity index (χ1n) is 9.20. The zero-order valence-corrected chi connectivity index (χ0v) is 15.1. The Balaban J connectivity index is 1.59. The van der Waals surface area contributed by atoms with Crippen LogP contribution in [0.1, 0.15) is 25.7 Å². The Labute approximate surface area is 157 Å². The highest BCUT2D eigenvalue weighted by molar-refractivity contribution is 5.90. The van der Waals surface area contributed by atoms with Gasteiger partial charge in [0, 0.05) is 25.4 Å². The molecule has 146 valence electrons. The van der Waals surface area contributed by atoms with Crippen LogP contribution in [-0.4, -0.2) is 59.8 Å². The van der Waals surface area contributed by atoms with Gasteiger partial charge in [-0.3, -0.25) is 9.59 Å². The number of likely N-dealkylation sites (tertiary alicyclic amines) is 1. The number of piperidine rings is 1. The molecule has 1 aromatic rings. The summed E-state index contributed by atoms with van der Waals surface area (Å²) in [7, 11) is 0. The van der Waals surface area contributed by atoms with Gasteiger partial charge in [-0.15, -0.1) is 0 Å². The lowest BCUT2D eigenvalue weighted by molar-refractivity contribution is -0.139. The second-order valence-corrected chi connectivity index (χ2v) is 7.22. The number of carboxylic acid groups (broad SMARTS) is 1. The van der Waals surface area contributed by atoms with E-state index in [1.54, 1.807) is 4.90 Å². The van der Waals surface area contributed by atoms with Gasteiger partial charge in [0.2, 0.25) is 5.91 Å². The molecular weight excluding hydrogens is 350 g/mol. The zero-order valence-electron chi connectivity index (χ0n) is 15.1. The number of benzene rings is 1. The number of para-hydroxylation sites is 1. The van der Waals surface area contributed by atoms with E-state index in [0.29, 0.717) is 38.2 Å². The Morgan fingerprint density at radius 2 is 2.04 bits per heavy atom. The van der Waals surface area contributed by atoms with Gasteiger partial charge in [-0.2, -0.15) is 0 Å². The number of hydrogen-bond donors (Lipinski definition) is 3. The molecule has 3 amide bonds. The Morgan fingerprint density at radius 3 is 2.70 bits per heavy atom. The van der Waals surface area contributed by atoms with E-state index in [-0.39, 0.29) is 30.9 Å². The van der Waals surface area contributed by atoms with E-state index in [2.05, 4.69) is 10.6 Å². The molecule has 1 aromatic carbocycles. The molecule has 0 saturated carbocycles. The topological polar surface area (TPSA) is 108 Å². The van der Waals surface area contributed by atoms with E-state index in [0.717, 1.165) is 6.42 Å². The monoisotopic (exact) mass is 375 g/mol. The van der Waals surface area contributed by atoms with Crippen LogP contribution < -0.4 is 10.6 Å². The van der Waals surface area contributed by atoms with Gasteiger partial charge in [0.1, 0.15) is 0 Å². The van der Waals surface area contributed by atoms with Gasteiger partial charge in [-0.1, -0.05) is 18.2 Å². The van der Waals surface area contributed by atoms with E-state index in [9.17, 15) is 14.4 Å². The average molecular weight is 375 g/mol. The molecule has 3 rings (SSSR count). The molecule has 2 atom stereocenters. The summed E-state index contributed by atoms with van der Waals surface area (Å²) < 4.78 is 5.32. The van der Waals surface area contributed by atoms with E-state index >= 15 is 0 Å². The first kappa shape index (κ1) is 19.2. The maximum absolute atomic E-state index is 12.7. The normalized spacial score (nSPS) is 25.0. The largest absolute Gasteiger partial charge is 0.481 e. The molecule has 0 spiro atoms. The molecular formula is C19H25N3O5. The maximum atomic E-state index is 12.7. The van der Waals surface area contributed by atoms with Crippen molar-refractivity contribution in [2.75, 3.05) is 31.6 Å². The van der Waals surface area contributed by atoms with Crippen LogP contribution in [0.5, 0.6) is 0 Å². The predicted octanol–water partition coefficient (Wildman–Crippen LogP) is 1.68. The number of urea groups is 1. The van der Waals surface area contributed by atoms with Gasteiger partial charge in [-0.05, 0) is 31.4 Å². The Morgan fingerprint density at radius 1 is 1.26 bits per heavy atom. The summed E-state index contributed by atoms with van der Waals surface area (Å²) in [6.45, 7) is 1.54. The van der Waals surface area contributed by atoms with E-state index < -0.39 is 11.5 Å². The summed E-state index contributed by atoms with van der Waals surface area (Å²) in [6.07, 6.45) is 1.72. The molecule has 2 unspecified atom stereocenters. The minimum atomic E-state index is -0.965. The van der Waals surface area contributed by atoms with Crippen molar-refractivity contribution in [3.8, 4) is 0 Å². The minimum absolute atomic E-state index is 0.163. The first-order valence-corrected chi connectivity index (χ1v) is 9.20. The number of ether oxygens (including phenoxy) is 1. The van der Waals surface area contributed by atoms with Gasteiger partial charge in [0.05, 0.1) is 24.5 Å². The van der Waals surface area contributed by atoms with Crippen LogP contribution >= 0.6 is 0 Å². The number of hydrogen-bond acceptors (Lipinski definition) is 4. The van der Waals surface area contributed by atoms with Crippen molar-refractivity contribution in [1.82, 2.24) is 10.2 Å². The van der Waals surface area contributed by atoms with Crippen LogP contribution in [0.4, 0.5) is 10.5 Å². The number of rotatable bonds is 5. The van der Waals surface area contributed by atoms with Crippen LogP contribution in [0.25, 0.3) is 0 Å². The molecule has 0 aromatic heterocycles. The number of nitrogens with zero attached hydrogens (tertiary/aromatic N) is 1. The van der Waals surface area contributed by atoms with Gasteiger partial charge in [0.25, 0.3) is 0 Å². The number of aliphatic carboxylic acids is 1. The molecule has 2 fully saturated rings. The van der Waals surface area contributed by atoms with Crippen molar-refractivity contribution in [1.29, 1.82) is 0 Å². The lowest BCUT2D eigenvalue weighted by Crippen LogP contribution is -2.55. The SMILES string of the molecule is O=C(O)CC1(NC(=O)C2CCCN(C(=O)Nc3ccccc3)C2)CCOC1. The second-order valence-electron chi connectivity index (χ2n) is 7.22. The third-order valence-electron chi connectivity index (χ3n) is 5.09. The number of carbonyl (C=O) groups is 3. The third kappa shape index (κ3) is 4.97.